The lowest BCUT2D eigenvalue weighted by Crippen LogP contribution is -2.50. The Labute approximate surface area is 205 Å². The number of nitrogens with zero attached hydrogens (tertiary/aromatic N) is 2. The van der Waals surface area contributed by atoms with Gasteiger partial charge in [-0.3, -0.25) is 14.5 Å². The van der Waals surface area contributed by atoms with Crippen LogP contribution in [0.4, 0.5) is 4.79 Å². The van der Waals surface area contributed by atoms with Crippen LogP contribution in [-0.2, 0) is 21.7 Å². The Hall–Kier alpha value is -3.87. The number of urea groups is 1. The Morgan fingerprint density at radius 1 is 1.00 bits per heavy atom. The number of imide groups is 1. The first-order chi connectivity index (χ1) is 16.5. The van der Waals surface area contributed by atoms with Crippen LogP contribution >= 0.6 is 0 Å². The van der Waals surface area contributed by atoms with E-state index in [1.54, 1.807) is 18.9 Å². The number of ether oxygens (including phenoxy) is 1. The van der Waals surface area contributed by atoms with Crippen LogP contribution in [0, 0.1) is 0 Å². The number of fused-ring (bicyclic) bond motifs is 1. The van der Waals surface area contributed by atoms with Crippen LogP contribution < -0.4 is 10.1 Å². The summed E-state index contributed by atoms with van der Waals surface area (Å²) in [6.07, 6.45) is 0. The molecule has 1 saturated heterocycles. The molecule has 0 aliphatic carbocycles. The smallest absolute Gasteiger partial charge is 0.325 e. The zero-order valence-corrected chi connectivity index (χ0v) is 20.8. The highest BCUT2D eigenvalue weighted by atomic mass is 16.5. The highest BCUT2D eigenvalue weighted by molar-refractivity contribution is 6.09. The van der Waals surface area contributed by atoms with E-state index in [2.05, 4.69) is 5.32 Å². The molecule has 4 amide bonds. The number of amides is 4. The van der Waals surface area contributed by atoms with Gasteiger partial charge in [-0.25, -0.2) is 4.79 Å². The number of carbonyl (C=O) groups is 3. The number of hydrogen-bond acceptors (Lipinski definition) is 4. The third kappa shape index (κ3) is 4.71. The summed E-state index contributed by atoms with van der Waals surface area (Å²) in [5.74, 6) is 0.00212. The molecule has 7 heteroatoms. The maximum absolute atomic E-state index is 13.5. The summed E-state index contributed by atoms with van der Waals surface area (Å²) in [6.45, 7) is 7.55. The molecule has 0 unspecified atom stereocenters. The standard InChI is InChI=1S/C28H31N3O4/c1-27(2,3)31(17-19-9-7-6-8-10-19)24(32)18-30-25(33)28(4,29-26(30)34)22-13-11-21-16-23(35-5)14-12-20(21)15-22/h6-16H,17-18H2,1-5H3,(H,29,34)/t28-/m1/s1. The fourth-order valence-electron chi connectivity index (χ4n) is 4.38. The van der Waals surface area contributed by atoms with Crippen LogP contribution in [0.15, 0.2) is 66.7 Å². The van der Waals surface area contributed by atoms with Crippen molar-refractivity contribution < 1.29 is 19.1 Å². The molecule has 3 aromatic carbocycles. The first-order valence-electron chi connectivity index (χ1n) is 11.6. The topological polar surface area (TPSA) is 79.0 Å². The Morgan fingerprint density at radius 2 is 1.66 bits per heavy atom. The fourth-order valence-corrected chi connectivity index (χ4v) is 4.38. The van der Waals surface area contributed by atoms with Crippen molar-refractivity contribution in [3.05, 3.63) is 77.9 Å². The number of benzene rings is 3. The summed E-state index contributed by atoms with van der Waals surface area (Å²) in [5, 5.41) is 4.69. The van der Waals surface area contributed by atoms with E-state index in [1.807, 2.05) is 87.5 Å². The van der Waals surface area contributed by atoms with Gasteiger partial charge in [0.05, 0.1) is 7.11 Å². The van der Waals surface area contributed by atoms with Gasteiger partial charge in [-0.05, 0) is 67.8 Å². The van der Waals surface area contributed by atoms with Gasteiger partial charge in [-0.15, -0.1) is 0 Å². The Kier molecular flexibility index (Phi) is 6.28. The molecule has 4 rings (SSSR count). The number of carbonyl (C=O) groups excluding carboxylic acids is 3. The van der Waals surface area contributed by atoms with Crippen LogP contribution in [0.3, 0.4) is 0 Å². The molecule has 3 aromatic rings. The molecule has 0 bridgehead atoms. The highest BCUT2D eigenvalue weighted by Crippen LogP contribution is 2.32. The van der Waals surface area contributed by atoms with E-state index in [0.717, 1.165) is 27.0 Å². The number of hydrogen-bond donors (Lipinski definition) is 1. The SMILES string of the molecule is COc1ccc2cc([C@@]3(C)NC(=O)N(CC(=O)N(Cc4ccccc4)C(C)(C)C)C3=O)ccc2c1. The van der Waals surface area contributed by atoms with E-state index in [9.17, 15) is 14.4 Å². The lowest BCUT2D eigenvalue weighted by atomic mass is 9.90. The molecule has 1 fully saturated rings. The van der Waals surface area contributed by atoms with Gasteiger partial charge < -0.3 is 15.0 Å². The molecule has 1 N–H and O–H groups in total. The molecule has 35 heavy (non-hydrogen) atoms. The zero-order valence-electron chi connectivity index (χ0n) is 20.8. The first kappa shape index (κ1) is 24.3. The fraction of sp³-hybridized carbons (Fsp3) is 0.321. The molecule has 1 atom stereocenters. The third-order valence-electron chi connectivity index (χ3n) is 6.49. The van der Waals surface area contributed by atoms with Crippen LogP contribution in [0.2, 0.25) is 0 Å². The second-order valence-corrected chi connectivity index (χ2v) is 10.0. The summed E-state index contributed by atoms with van der Waals surface area (Å²) >= 11 is 0. The van der Waals surface area contributed by atoms with E-state index in [4.69, 9.17) is 4.74 Å². The minimum Gasteiger partial charge on any atom is -0.497 e. The third-order valence-corrected chi connectivity index (χ3v) is 6.49. The number of nitrogens with one attached hydrogen (secondary N) is 1. The largest absolute Gasteiger partial charge is 0.497 e. The zero-order chi connectivity index (χ0) is 25.4. The van der Waals surface area contributed by atoms with Crippen LogP contribution in [0.25, 0.3) is 10.8 Å². The summed E-state index contributed by atoms with van der Waals surface area (Å²) in [5.41, 5.74) is -0.127. The van der Waals surface area contributed by atoms with E-state index < -0.39 is 23.0 Å². The van der Waals surface area contributed by atoms with Gasteiger partial charge in [0.15, 0.2) is 0 Å². The molecule has 0 spiro atoms. The normalized spacial score (nSPS) is 18.0. The van der Waals surface area contributed by atoms with Crippen molar-refractivity contribution in [1.82, 2.24) is 15.1 Å². The van der Waals surface area contributed by atoms with Gasteiger partial charge in [-0.2, -0.15) is 0 Å². The Bertz CT molecular complexity index is 1280. The van der Waals surface area contributed by atoms with E-state index in [1.165, 1.54) is 0 Å². The molecular weight excluding hydrogens is 442 g/mol. The number of methoxy groups -OCH3 is 1. The van der Waals surface area contributed by atoms with E-state index in [0.29, 0.717) is 12.1 Å². The van der Waals surface area contributed by atoms with Gasteiger partial charge in [0, 0.05) is 12.1 Å². The molecule has 0 saturated carbocycles. The van der Waals surface area contributed by atoms with Gasteiger partial charge in [0.1, 0.15) is 17.8 Å². The Balaban J connectivity index is 1.57. The van der Waals surface area contributed by atoms with Crippen molar-refractivity contribution in [3.63, 3.8) is 0 Å². The maximum Gasteiger partial charge on any atom is 0.325 e. The van der Waals surface area contributed by atoms with Crippen LogP contribution in [0.1, 0.15) is 38.8 Å². The average Bonchev–Trinajstić information content (AvgIpc) is 3.05. The lowest BCUT2D eigenvalue weighted by Gasteiger charge is -2.36. The van der Waals surface area contributed by atoms with Crippen molar-refractivity contribution in [2.75, 3.05) is 13.7 Å². The molecule has 1 aliphatic heterocycles. The molecule has 1 heterocycles. The minimum absolute atomic E-state index is 0.292. The monoisotopic (exact) mass is 473 g/mol. The van der Waals surface area contributed by atoms with Crippen LogP contribution in [-0.4, -0.2) is 46.8 Å². The average molecular weight is 474 g/mol. The predicted octanol–water partition coefficient (Wildman–Crippen LogP) is 4.44. The van der Waals surface area contributed by atoms with E-state index in [-0.39, 0.29) is 12.5 Å². The summed E-state index contributed by atoms with van der Waals surface area (Å²) in [6, 6.07) is 20.4. The van der Waals surface area contributed by atoms with E-state index >= 15 is 0 Å². The van der Waals surface area contributed by atoms with Crippen molar-refractivity contribution in [3.8, 4) is 5.75 Å². The molecule has 0 radical (unpaired) electrons. The van der Waals surface area contributed by atoms with Crippen LogP contribution in [0.5, 0.6) is 5.75 Å². The summed E-state index contributed by atoms with van der Waals surface area (Å²) < 4.78 is 5.28. The second-order valence-electron chi connectivity index (χ2n) is 10.0. The molecule has 1 aliphatic rings. The predicted molar refractivity (Wildman–Crippen MR) is 135 cm³/mol. The number of rotatable bonds is 6. The summed E-state index contributed by atoms with van der Waals surface area (Å²) in [4.78, 5) is 42.5. The van der Waals surface area contributed by atoms with Crippen molar-refractivity contribution >= 4 is 28.6 Å². The van der Waals surface area contributed by atoms with Crippen molar-refractivity contribution in [1.29, 1.82) is 0 Å². The minimum atomic E-state index is -1.27. The highest BCUT2D eigenvalue weighted by Gasteiger charge is 2.50. The first-order valence-corrected chi connectivity index (χ1v) is 11.6. The molecule has 7 nitrogen and oxygen atoms in total. The molecular formula is C28H31N3O4. The second kappa shape index (κ2) is 9.06. The van der Waals surface area contributed by atoms with Gasteiger partial charge in [0.25, 0.3) is 5.91 Å². The van der Waals surface area contributed by atoms with Crippen molar-refractivity contribution in [2.24, 2.45) is 0 Å². The Morgan fingerprint density at radius 3 is 2.31 bits per heavy atom. The quantitative estimate of drug-likeness (QED) is 0.537. The van der Waals surface area contributed by atoms with Gasteiger partial charge >= 0.3 is 6.03 Å². The molecule has 182 valence electrons. The van der Waals surface area contributed by atoms with Gasteiger partial charge in [-0.1, -0.05) is 48.5 Å². The summed E-state index contributed by atoms with van der Waals surface area (Å²) in [7, 11) is 1.61. The van der Waals surface area contributed by atoms with Gasteiger partial charge in [0.2, 0.25) is 5.91 Å². The maximum atomic E-state index is 13.5. The van der Waals surface area contributed by atoms with Crippen molar-refractivity contribution in [2.45, 2.75) is 45.3 Å². The molecule has 0 aromatic heterocycles. The lowest BCUT2D eigenvalue weighted by molar-refractivity contribution is -0.142.